The third kappa shape index (κ3) is 4.65. The minimum Gasteiger partial charge on any atom is -0.358 e. The maximum Gasteiger partial charge on any atom is 0.269 e. The molecule has 0 aliphatic rings. The number of amides is 1. The molecule has 0 aliphatic heterocycles. The van der Waals surface area contributed by atoms with Gasteiger partial charge in [0.05, 0.1) is 0 Å². The van der Waals surface area contributed by atoms with Crippen molar-refractivity contribution < 1.29 is 4.79 Å². The monoisotopic (exact) mass is 249 g/mol. The van der Waals surface area contributed by atoms with Gasteiger partial charge in [-0.1, -0.05) is 23.8 Å². The Balaban J connectivity index is 2.45. The summed E-state index contributed by atoms with van der Waals surface area (Å²) in [7, 11) is 0. The molecule has 17 heavy (non-hydrogen) atoms. The molecule has 0 aliphatic carbocycles. The summed E-state index contributed by atoms with van der Waals surface area (Å²) in [5, 5.41) is 3.19. The van der Waals surface area contributed by atoms with Crippen molar-refractivity contribution >= 4 is 23.2 Å². The van der Waals surface area contributed by atoms with Gasteiger partial charge in [0.2, 0.25) is 0 Å². The third-order valence-electron chi connectivity index (χ3n) is 1.98. The predicted octanol–water partition coefficient (Wildman–Crippen LogP) is 1.29. The lowest BCUT2D eigenvalue weighted by Crippen LogP contribution is -2.46. The van der Waals surface area contributed by atoms with Gasteiger partial charge in [0.15, 0.2) is 5.11 Å². The van der Waals surface area contributed by atoms with Gasteiger partial charge in [-0.15, -0.1) is 6.58 Å². The normalized spacial score (nSPS) is 9.24. The molecule has 4 nitrogen and oxygen atoms in total. The van der Waals surface area contributed by atoms with Crippen molar-refractivity contribution in [3.63, 3.8) is 0 Å². The number of thiocarbonyl (C=S) groups is 1. The first-order valence-corrected chi connectivity index (χ1v) is 5.56. The molecule has 0 bridgehead atoms. The molecule has 1 aromatic carbocycles. The number of hydrazine groups is 1. The molecule has 3 N–H and O–H groups in total. The van der Waals surface area contributed by atoms with E-state index in [2.05, 4.69) is 22.7 Å². The summed E-state index contributed by atoms with van der Waals surface area (Å²) >= 11 is 4.93. The number of hydrogen-bond acceptors (Lipinski definition) is 2. The molecule has 0 atom stereocenters. The van der Waals surface area contributed by atoms with Gasteiger partial charge < -0.3 is 5.32 Å². The predicted molar refractivity (Wildman–Crippen MR) is 72.6 cm³/mol. The highest BCUT2D eigenvalue weighted by molar-refractivity contribution is 7.80. The zero-order chi connectivity index (χ0) is 12.7. The van der Waals surface area contributed by atoms with E-state index in [-0.39, 0.29) is 5.91 Å². The zero-order valence-corrected chi connectivity index (χ0v) is 10.4. The van der Waals surface area contributed by atoms with Crippen LogP contribution >= 0.6 is 12.2 Å². The quantitative estimate of drug-likeness (QED) is 0.429. The molecule has 0 fully saturated rings. The zero-order valence-electron chi connectivity index (χ0n) is 9.62. The average molecular weight is 249 g/mol. The van der Waals surface area contributed by atoms with Gasteiger partial charge in [-0.2, -0.15) is 0 Å². The Kier molecular flexibility index (Phi) is 5.16. The summed E-state index contributed by atoms with van der Waals surface area (Å²) in [5.41, 5.74) is 6.74. The number of aryl methyl sites for hydroxylation is 1. The van der Waals surface area contributed by atoms with Crippen LogP contribution in [0.5, 0.6) is 0 Å². The van der Waals surface area contributed by atoms with Crippen LogP contribution in [0.1, 0.15) is 15.9 Å². The summed E-state index contributed by atoms with van der Waals surface area (Å²) in [5.74, 6) is -0.226. The van der Waals surface area contributed by atoms with E-state index in [0.717, 1.165) is 5.56 Å². The Morgan fingerprint density at radius 3 is 2.88 bits per heavy atom. The fraction of sp³-hybridized carbons (Fsp3) is 0.167. The lowest BCUT2D eigenvalue weighted by molar-refractivity contribution is 0.0943. The maximum atomic E-state index is 11.7. The lowest BCUT2D eigenvalue weighted by Gasteiger charge is -2.10. The highest BCUT2D eigenvalue weighted by atomic mass is 32.1. The van der Waals surface area contributed by atoms with E-state index in [9.17, 15) is 4.79 Å². The van der Waals surface area contributed by atoms with Crippen molar-refractivity contribution in [2.75, 3.05) is 6.54 Å². The highest BCUT2D eigenvalue weighted by Gasteiger charge is 2.04. The van der Waals surface area contributed by atoms with Crippen molar-refractivity contribution in [3.05, 3.63) is 48.0 Å². The SMILES string of the molecule is C=CCNC(=S)NNC(=O)c1cccc(C)c1. The van der Waals surface area contributed by atoms with Crippen LogP contribution in [0.3, 0.4) is 0 Å². The molecule has 0 unspecified atom stereocenters. The minimum atomic E-state index is -0.226. The summed E-state index contributed by atoms with van der Waals surface area (Å²) in [6.07, 6.45) is 1.68. The Morgan fingerprint density at radius 2 is 2.24 bits per heavy atom. The van der Waals surface area contributed by atoms with Gasteiger partial charge in [-0.05, 0) is 31.3 Å². The second-order valence-electron chi connectivity index (χ2n) is 3.45. The van der Waals surface area contributed by atoms with E-state index in [1.807, 2.05) is 19.1 Å². The van der Waals surface area contributed by atoms with Crippen LogP contribution in [0.25, 0.3) is 0 Å². The smallest absolute Gasteiger partial charge is 0.269 e. The van der Waals surface area contributed by atoms with E-state index in [1.54, 1.807) is 18.2 Å². The van der Waals surface area contributed by atoms with Gasteiger partial charge >= 0.3 is 0 Å². The van der Waals surface area contributed by atoms with Crippen LogP contribution in [0.2, 0.25) is 0 Å². The number of rotatable bonds is 3. The first-order chi connectivity index (χ1) is 8.13. The van der Waals surface area contributed by atoms with Crippen molar-refractivity contribution in [1.29, 1.82) is 0 Å². The molecular formula is C12H15N3OS. The van der Waals surface area contributed by atoms with Gasteiger partial charge in [0.25, 0.3) is 5.91 Å². The van der Waals surface area contributed by atoms with Crippen molar-refractivity contribution in [3.8, 4) is 0 Å². The van der Waals surface area contributed by atoms with E-state index < -0.39 is 0 Å². The molecule has 1 rings (SSSR count). The molecule has 0 heterocycles. The number of hydrogen-bond donors (Lipinski definition) is 3. The lowest BCUT2D eigenvalue weighted by atomic mass is 10.1. The fourth-order valence-corrected chi connectivity index (χ4v) is 1.32. The first-order valence-electron chi connectivity index (χ1n) is 5.15. The largest absolute Gasteiger partial charge is 0.358 e. The Morgan fingerprint density at radius 1 is 1.47 bits per heavy atom. The van der Waals surface area contributed by atoms with Gasteiger partial charge in [-0.25, -0.2) is 0 Å². The number of benzene rings is 1. The van der Waals surface area contributed by atoms with Crippen molar-refractivity contribution in [2.45, 2.75) is 6.92 Å². The Hall–Kier alpha value is -1.88. The summed E-state index contributed by atoms with van der Waals surface area (Å²) < 4.78 is 0. The molecular weight excluding hydrogens is 234 g/mol. The molecule has 0 saturated carbocycles. The second-order valence-corrected chi connectivity index (χ2v) is 3.86. The van der Waals surface area contributed by atoms with Crippen LogP contribution in [-0.2, 0) is 0 Å². The second kappa shape index (κ2) is 6.65. The summed E-state index contributed by atoms with van der Waals surface area (Å²) in [6, 6.07) is 7.31. The van der Waals surface area contributed by atoms with Gasteiger partial charge in [0, 0.05) is 12.1 Å². The molecule has 1 amide bonds. The van der Waals surface area contributed by atoms with Crippen molar-refractivity contribution in [2.24, 2.45) is 0 Å². The van der Waals surface area contributed by atoms with Gasteiger partial charge in [0.1, 0.15) is 0 Å². The van der Waals surface area contributed by atoms with Crippen LogP contribution < -0.4 is 16.2 Å². The fourth-order valence-electron chi connectivity index (χ4n) is 1.18. The van der Waals surface area contributed by atoms with Crippen LogP contribution in [0.4, 0.5) is 0 Å². The molecule has 0 aromatic heterocycles. The third-order valence-corrected chi connectivity index (χ3v) is 2.22. The molecule has 0 radical (unpaired) electrons. The maximum absolute atomic E-state index is 11.7. The Labute approximate surface area is 106 Å². The van der Waals surface area contributed by atoms with E-state index in [1.165, 1.54) is 0 Å². The number of nitrogens with one attached hydrogen (secondary N) is 3. The topological polar surface area (TPSA) is 53.2 Å². The standard InChI is InChI=1S/C12H15N3OS/c1-3-7-13-12(17)15-14-11(16)10-6-4-5-9(2)8-10/h3-6,8H,1,7H2,2H3,(H,14,16)(H2,13,15,17). The highest BCUT2D eigenvalue weighted by Crippen LogP contribution is 2.02. The van der Waals surface area contributed by atoms with Crippen molar-refractivity contribution in [1.82, 2.24) is 16.2 Å². The summed E-state index contributed by atoms with van der Waals surface area (Å²) in [6.45, 7) is 6.03. The van der Waals surface area contributed by atoms with E-state index >= 15 is 0 Å². The molecule has 0 spiro atoms. The summed E-state index contributed by atoms with van der Waals surface area (Å²) in [4.78, 5) is 11.7. The van der Waals surface area contributed by atoms with Crippen LogP contribution in [0, 0.1) is 6.92 Å². The number of carbonyl (C=O) groups is 1. The Bertz CT molecular complexity index is 432. The molecule has 90 valence electrons. The average Bonchev–Trinajstić information content (AvgIpc) is 2.33. The van der Waals surface area contributed by atoms with Crippen LogP contribution in [0.15, 0.2) is 36.9 Å². The van der Waals surface area contributed by atoms with E-state index in [4.69, 9.17) is 12.2 Å². The number of carbonyl (C=O) groups excluding carboxylic acids is 1. The molecule has 0 saturated heterocycles. The first kappa shape index (κ1) is 13.2. The molecule has 5 heteroatoms. The molecule has 1 aromatic rings. The van der Waals surface area contributed by atoms with E-state index in [0.29, 0.717) is 17.2 Å². The van der Waals surface area contributed by atoms with Crippen LogP contribution in [-0.4, -0.2) is 17.6 Å². The minimum absolute atomic E-state index is 0.226. The van der Waals surface area contributed by atoms with Gasteiger partial charge in [-0.3, -0.25) is 15.6 Å².